The summed E-state index contributed by atoms with van der Waals surface area (Å²) in [4.78, 5) is 21.4. The van der Waals surface area contributed by atoms with Crippen molar-refractivity contribution in [2.45, 2.75) is 70.3 Å². The van der Waals surface area contributed by atoms with Crippen molar-refractivity contribution in [1.82, 2.24) is 14.9 Å². The first-order valence-electron chi connectivity index (χ1n) is 8.66. The molecule has 2 saturated heterocycles. The van der Waals surface area contributed by atoms with Crippen molar-refractivity contribution in [3.05, 3.63) is 11.8 Å². The smallest absolute Gasteiger partial charge is 0.411 e. The number of hydrogen-bond donors (Lipinski definition) is 3. The van der Waals surface area contributed by atoms with E-state index in [9.17, 15) is 20.1 Å². The lowest BCUT2D eigenvalue weighted by Gasteiger charge is -2.34. The Morgan fingerprint density at radius 2 is 1.93 bits per heavy atom. The van der Waals surface area contributed by atoms with Gasteiger partial charge in [0.25, 0.3) is 0 Å². The van der Waals surface area contributed by atoms with Crippen LogP contribution in [0.2, 0.25) is 0 Å². The van der Waals surface area contributed by atoms with Gasteiger partial charge in [0, 0.05) is 6.20 Å². The molecule has 0 saturated carbocycles. The normalized spacial score (nSPS) is 29.6. The number of hydrogen-bond acceptors (Lipinski definition) is 9. The van der Waals surface area contributed by atoms with Gasteiger partial charge in [-0.2, -0.15) is 4.98 Å². The van der Waals surface area contributed by atoms with E-state index in [0.29, 0.717) is 0 Å². The number of aliphatic hydroxyl groups is 1. The third-order valence-corrected chi connectivity index (χ3v) is 4.40. The third-order valence-electron chi connectivity index (χ3n) is 4.40. The van der Waals surface area contributed by atoms with Gasteiger partial charge in [0.05, 0.1) is 24.3 Å². The monoisotopic (exact) mass is 383 g/mol. The molecule has 10 nitrogen and oxygen atoms in total. The molecule has 3 N–H and O–H groups in total. The van der Waals surface area contributed by atoms with Crippen LogP contribution in [0, 0.1) is 0 Å². The van der Waals surface area contributed by atoms with Crippen LogP contribution in [0.5, 0.6) is 11.9 Å². The van der Waals surface area contributed by atoms with Crippen LogP contribution in [0.1, 0.15) is 46.2 Å². The topological polar surface area (TPSA) is 134 Å². The van der Waals surface area contributed by atoms with Gasteiger partial charge in [-0.1, -0.05) is 0 Å². The molecular weight excluding hydrogens is 358 g/mol. The number of amides is 1. The standard InChI is InChI=1S/C17H25N3O7/c1-16(2,3)27-15(24)20-9(7-21)11-12(26-17(4,5)25-11)10(20)8-6-18-14(23)19-13(8)22/h6,9-12,21H,7H2,1-5H3,(H2,18,19,22,23)/t9-,10+,11-,12+/m1/s1. The third kappa shape index (κ3) is 3.64. The second kappa shape index (κ2) is 6.47. The number of ether oxygens (including phenoxy) is 3. The minimum atomic E-state index is -0.936. The molecule has 0 bridgehead atoms. The maximum absolute atomic E-state index is 12.9. The van der Waals surface area contributed by atoms with Gasteiger partial charge in [-0.3, -0.25) is 4.90 Å². The average Bonchev–Trinajstić information content (AvgIpc) is 2.96. The molecule has 0 aromatic carbocycles. The first kappa shape index (κ1) is 19.6. The van der Waals surface area contributed by atoms with Gasteiger partial charge in [0.1, 0.15) is 17.8 Å². The van der Waals surface area contributed by atoms with E-state index in [0.717, 1.165) is 0 Å². The van der Waals surface area contributed by atoms with Crippen LogP contribution >= 0.6 is 0 Å². The molecule has 1 aromatic heterocycles. The number of rotatable bonds is 2. The van der Waals surface area contributed by atoms with E-state index in [4.69, 9.17) is 14.2 Å². The highest BCUT2D eigenvalue weighted by molar-refractivity contribution is 5.70. The molecule has 27 heavy (non-hydrogen) atoms. The number of carbonyl (C=O) groups excluding carboxylic acids is 1. The molecule has 2 aliphatic heterocycles. The molecule has 150 valence electrons. The summed E-state index contributed by atoms with van der Waals surface area (Å²) in [5.41, 5.74) is -0.612. The molecular formula is C17H25N3O7. The highest BCUT2D eigenvalue weighted by atomic mass is 16.8. The van der Waals surface area contributed by atoms with Crippen LogP contribution in [0.4, 0.5) is 4.79 Å². The molecule has 3 heterocycles. The van der Waals surface area contributed by atoms with Crippen molar-refractivity contribution >= 4 is 6.09 Å². The SMILES string of the molecule is CC(C)(C)OC(=O)N1[C@H](CO)[C@H]2OC(C)(C)O[C@H]2[C@@H]1c1cnc(O)nc1O. The summed E-state index contributed by atoms with van der Waals surface area (Å²) in [7, 11) is 0. The summed E-state index contributed by atoms with van der Waals surface area (Å²) in [6.07, 6.45) is -0.816. The fraction of sp³-hybridized carbons (Fsp3) is 0.706. The molecule has 1 aromatic rings. The first-order valence-corrected chi connectivity index (χ1v) is 8.66. The second-order valence-corrected chi connectivity index (χ2v) is 8.10. The Bertz CT molecular complexity index is 734. The fourth-order valence-electron chi connectivity index (χ4n) is 3.55. The molecule has 3 rings (SSSR count). The molecule has 4 atom stereocenters. The largest absolute Gasteiger partial charge is 0.493 e. The molecule has 2 fully saturated rings. The fourth-order valence-corrected chi connectivity index (χ4v) is 3.55. The van der Waals surface area contributed by atoms with E-state index in [1.54, 1.807) is 34.6 Å². The Kier molecular flexibility index (Phi) is 4.69. The maximum Gasteiger partial charge on any atom is 0.411 e. The van der Waals surface area contributed by atoms with Crippen LogP contribution in [0.3, 0.4) is 0 Å². The predicted octanol–water partition coefficient (Wildman–Crippen LogP) is 1.06. The molecule has 0 radical (unpaired) electrons. The van der Waals surface area contributed by atoms with E-state index in [1.165, 1.54) is 11.1 Å². The van der Waals surface area contributed by atoms with Crippen molar-refractivity contribution in [1.29, 1.82) is 0 Å². The lowest BCUT2D eigenvalue weighted by Crippen LogP contribution is -2.47. The number of aliphatic hydroxyl groups excluding tert-OH is 1. The van der Waals surface area contributed by atoms with E-state index >= 15 is 0 Å². The minimum Gasteiger partial charge on any atom is -0.493 e. The number of carbonyl (C=O) groups is 1. The Hall–Kier alpha value is -2.17. The molecule has 0 spiro atoms. The average molecular weight is 383 g/mol. The zero-order valence-electron chi connectivity index (χ0n) is 15.9. The lowest BCUT2D eigenvalue weighted by molar-refractivity contribution is -0.169. The van der Waals surface area contributed by atoms with Crippen LogP contribution in [-0.2, 0) is 14.2 Å². The minimum absolute atomic E-state index is 0.158. The molecule has 10 heteroatoms. The molecule has 0 unspecified atom stereocenters. The number of fused-ring (bicyclic) bond motifs is 1. The molecule has 0 aliphatic carbocycles. The summed E-state index contributed by atoms with van der Waals surface area (Å²) in [5.74, 6) is -1.43. The zero-order chi connectivity index (χ0) is 20.1. The van der Waals surface area contributed by atoms with Gasteiger partial charge >= 0.3 is 12.1 Å². The predicted molar refractivity (Wildman–Crippen MR) is 90.9 cm³/mol. The Morgan fingerprint density at radius 3 is 2.48 bits per heavy atom. The van der Waals surface area contributed by atoms with Crippen molar-refractivity contribution in [2.75, 3.05) is 6.61 Å². The zero-order valence-corrected chi connectivity index (χ0v) is 15.9. The van der Waals surface area contributed by atoms with Crippen LogP contribution in [-0.4, -0.2) is 72.5 Å². The van der Waals surface area contributed by atoms with Crippen LogP contribution in [0.15, 0.2) is 6.20 Å². The highest BCUT2D eigenvalue weighted by Crippen LogP contribution is 2.48. The summed E-state index contributed by atoms with van der Waals surface area (Å²) in [6.45, 7) is 8.23. The van der Waals surface area contributed by atoms with Gasteiger partial charge in [0.15, 0.2) is 5.79 Å². The second-order valence-electron chi connectivity index (χ2n) is 8.10. The van der Waals surface area contributed by atoms with E-state index < -0.39 is 60.3 Å². The number of likely N-dealkylation sites (tertiary alicyclic amines) is 1. The van der Waals surface area contributed by atoms with E-state index in [-0.39, 0.29) is 5.56 Å². The first-order chi connectivity index (χ1) is 12.4. The van der Waals surface area contributed by atoms with Crippen molar-refractivity contribution in [3.63, 3.8) is 0 Å². The van der Waals surface area contributed by atoms with Gasteiger partial charge in [-0.15, -0.1) is 0 Å². The Morgan fingerprint density at radius 1 is 1.30 bits per heavy atom. The molecule has 2 aliphatic rings. The van der Waals surface area contributed by atoms with Crippen molar-refractivity contribution in [2.24, 2.45) is 0 Å². The van der Waals surface area contributed by atoms with Gasteiger partial charge in [0.2, 0.25) is 5.88 Å². The quantitative estimate of drug-likeness (QED) is 0.685. The van der Waals surface area contributed by atoms with E-state index in [2.05, 4.69) is 9.97 Å². The maximum atomic E-state index is 12.9. The number of nitrogens with zero attached hydrogens (tertiary/aromatic N) is 3. The van der Waals surface area contributed by atoms with Gasteiger partial charge in [-0.25, -0.2) is 9.78 Å². The van der Waals surface area contributed by atoms with Crippen molar-refractivity contribution in [3.8, 4) is 11.9 Å². The highest BCUT2D eigenvalue weighted by Gasteiger charge is 2.60. The summed E-state index contributed by atoms with van der Waals surface area (Å²) in [6, 6.07) is -2.23. The summed E-state index contributed by atoms with van der Waals surface area (Å²) < 4.78 is 17.3. The van der Waals surface area contributed by atoms with Gasteiger partial charge in [-0.05, 0) is 34.6 Å². The number of aromatic nitrogens is 2. The lowest BCUT2D eigenvalue weighted by atomic mass is 10.0. The number of aromatic hydroxyl groups is 2. The summed E-state index contributed by atoms with van der Waals surface area (Å²) >= 11 is 0. The van der Waals surface area contributed by atoms with E-state index in [1.807, 2.05) is 0 Å². The molecule has 1 amide bonds. The Balaban J connectivity index is 2.06. The summed E-state index contributed by atoms with van der Waals surface area (Å²) in [5, 5.41) is 29.6. The Labute approximate surface area is 156 Å². The van der Waals surface area contributed by atoms with Crippen LogP contribution in [0.25, 0.3) is 0 Å². The van der Waals surface area contributed by atoms with Gasteiger partial charge < -0.3 is 29.5 Å². The van der Waals surface area contributed by atoms with Crippen molar-refractivity contribution < 1.29 is 34.3 Å². The van der Waals surface area contributed by atoms with Crippen LogP contribution < -0.4 is 0 Å².